The van der Waals surface area contributed by atoms with Crippen LogP contribution >= 0.6 is 0 Å². The minimum atomic E-state index is 0.0638. The van der Waals surface area contributed by atoms with Gasteiger partial charge >= 0.3 is 0 Å². The molecule has 1 aliphatic heterocycles. The molecule has 6 atom stereocenters. The molecular weight excluding hydrogens is 264 g/mol. The van der Waals surface area contributed by atoms with Crippen LogP contribution in [0.15, 0.2) is 11.6 Å². The molecule has 3 heteroatoms. The molecular formula is C18H32O3. The van der Waals surface area contributed by atoms with Crippen molar-refractivity contribution in [2.45, 2.75) is 64.8 Å². The fourth-order valence-corrected chi connectivity index (χ4v) is 4.00. The number of hydrogen-bond donors (Lipinski definition) is 0. The van der Waals surface area contributed by atoms with Crippen LogP contribution in [-0.4, -0.2) is 38.6 Å². The van der Waals surface area contributed by atoms with Gasteiger partial charge in [0, 0.05) is 20.1 Å². The summed E-state index contributed by atoms with van der Waals surface area (Å²) in [7, 11) is 3.62. The van der Waals surface area contributed by atoms with Gasteiger partial charge in [-0.25, -0.2) is 0 Å². The monoisotopic (exact) mass is 296 g/mol. The van der Waals surface area contributed by atoms with Crippen LogP contribution in [0.3, 0.4) is 0 Å². The zero-order chi connectivity index (χ0) is 15.6. The van der Waals surface area contributed by atoms with Crippen LogP contribution in [0.1, 0.15) is 47.0 Å². The van der Waals surface area contributed by atoms with Crippen molar-refractivity contribution in [1.29, 1.82) is 0 Å². The zero-order valence-electron chi connectivity index (χ0n) is 14.5. The number of rotatable bonds is 6. The molecule has 0 bridgehead atoms. The van der Waals surface area contributed by atoms with Crippen molar-refractivity contribution < 1.29 is 14.2 Å². The average Bonchev–Trinajstić information content (AvgIpc) is 3.23. The Morgan fingerprint density at radius 2 is 1.95 bits per heavy atom. The Hall–Kier alpha value is -0.380. The van der Waals surface area contributed by atoms with E-state index in [0.29, 0.717) is 17.8 Å². The Balaban J connectivity index is 2.14. The molecule has 2 unspecified atom stereocenters. The second-order valence-electron chi connectivity index (χ2n) is 7.25. The van der Waals surface area contributed by atoms with E-state index in [1.807, 2.05) is 7.11 Å². The number of hydrogen-bond acceptors (Lipinski definition) is 3. The van der Waals surface area contributed by atoms with Crippen molar-refractivity contribution in [3.8, 4) is 0 Å². The Kier molecular flexibility index (Phi) is 5.50. The molecule has 1 heterocycles. The Bertz CT molecular complexity index is 369. The fraction of sp³-hybridized carbons (Fsp3) is 0.889. The lowest BCUT2D eigenvalue weighted by molar-refractivity contribution is -0.129. The highest BCUT2D eigenvalue weighted by atomic mass is 16.6. The van der Waals surface area contributed by atoms with E-state index >= 15 is 0 Å². The van der Waals surface area contributed by atoms with Gasteiger partial charge in [-0.2, -0.15) is 0 Å². The molecule has 0 amide bonds. The molecule has 21 heavy (non-hydrogen) atoms. The SMILES string of the molecule is COC1CC[C@]2(CO2)[C@@H]([C@H](C)[C@H](C)CC=C(C)C)C1OC. The van der Waals surface area contributed by atoms with E-state index in [0.717, 1.165) is 25.9 Å². The first-order valence-corrected chi connectivity index (χ1v) is 8.28. The third-order valence-corrected chi connectivity index (χ3v) is 5.63. The maximum Gasteiger partial charge on any atom is 0.0973 e. The first-order chi connectivity index (χ1) is 9.95. The molecule has 2 aliphatic rings. The third-order valence-electron chi connectivity index (χ3n) is 5.63. The van der Waals surface area contributed by atoms with Crippen molar-refractivity contribution in [3.05, 3.63) is 11.6 Å². The number of allylic oxidation sites excluding steroid dienone is 2. The van der Waals surface area contributed by atoms with Crippen molar-refractivity contribution >= 4 is 0 Å². The minimum Gasteiger partial charge on any atom is -0.379 e. The highest BCUT2D eigenvalue weighted by Gasteiger charge is 2.60. The van der Waals surface area contributed by atoms with Gasteiger partial charge in [0.1, 0.15) is 0 Å². The van der Waals surface area contributed by atoms with Gasteiger partial charge in [-0.15, -0.1) is 0 Å². The van der Waals surface area contributed by atoms with Gasteiger partial charge in [0.25, 0.3) is 0 Å². The first-order valence-electron chi connectivity index (χ1n) is 8.28. The van der Waals surface area contributed by atoms with Crippen molar-refractivity contribution in [1.82, 2.24) is 0 Å². The van der Waals surface area contributed by atoms with Gasteiger partial charge in [-0.3, -0.25) is 0 Å². The summed E-state index contributed by atoms with van der Waals surface area (Å²) in [4.78, 5) is 0. The Morgan fingerprint density at radius 3 is 2.43 bits per heavy atom. The summed E-state index contributed by atoms with van der Waals surface area (Å²) in [5, 5.41) is 0. The molecule has 0 aromatic carbocycles. The smallest absolute Gasteiger partial charge is 0.0973 e. The summed E-state index contributed by atoms with van der Waals surface area (Å²) in [6.07, 6.45) is 5.98. The number of ether oxygens (including phenoxy) is 3. The summed E-state index contributed by atoms with van der Waals surface area (Å²) in [6, 6.07) is 0. The van der Waals surface area contributed by atoms with E-state index in [9.17, 15) is 0 Å². The van der Waals surface area contributed by atoms with E-state index in [2.05, 4.69) is 33.8 Å². The van der Waals surface area contributed by atoms with Gasteiger partial charge in [0.2, 0.25) is 0 Å². The third kappa shape index (κ3) is 3.52. The summed E-state index contributed by atoms with van der Waals surface area (Å²) >= 11 is 0. The predicted molar refractivity (Wildman–Crippen MR) is 85.4 cm³/mol. The molecule has 0 aromatic heterocycles. The number of epoxide rings is 1. The van der Waals surface area contributed by atoms with Crippen molar-refractivity contribution in [2.75, 3.05) is 20.8 Å². The fourth-order valence-electron chi connectivity index (χ4n) is 4.00. The summed E-state index contributed by atoms with van der Waals surface area (Å²) < 4.78 is 17.5. The average molecular weight is 296 g/mol. The molecule has 1 aliphatic carbocycles. The normalized spacial score (nSPS) is 38.1. The largest absolute Gasteiger partial charge is 0.379 e. The molecule has 1 saturated carbocycles. The molecule has 122 valence electrons. The van der Waals surface area contributed by atoms with E-state index in [4.69, 9.17) is 14.2 Å². The molecule has 3 nitrogen and oxygen atoms in total. The highest BCUT2D eigenvalue weighted by Crippen LogP contribution is 2.52. The van der Waals surface area contributed by atoms with Gasteiger partial charge in [0.15, 0.2) is 0 Å². The van der Waals surface area contributed by atoms with Crippen LogP contribution < -0.4 is 0 Å². The lowest BCUT2D eigenvalue weighted by Gasteiger charge is -2.44. The van der Waals surface area contributed by atoms with Crippen LogP contribution in [-0.2, 0) is 14.2 Å². The molecule has 0 N–H and O–H groups in total. The molecule has 2 rings (SSSR count). The second-order valence-corrected chi connectivity index (χ2v) is 7.25. The summed E-state index contributed by atoms with van der Waals surface area (Å²) in [5.74, 6) is 1.62. The summed E-state index contributed by atoms with van der Waals surface area (Å²) in [5.41, 5.74) is 1.46. The standard InChI is InChI=1S/C18H32O3/c1-12(2)7-8-13(3)14(4)16-17(20-6)15(19-5)9-10-18(16)11-21-18/h7,13-17H,8-11H2,1-6H3/t13-,14-,15?,16+,17?,18+/m1/s1. The van der Waals surface area contributed by atoms with Crippen molar-refractivity contribution in [2.24, 2.45) is 17.8 Å². The van der Waals surface area contributed by atoms with E-state index in [1.54, 1.807) is 7.11 Å². The van der Waals surface area contributed by atoms with Crippen LogP contribution in [0.4, 0.5) is 0 Å². The van der Waals surface area contributed by atoms with E-state index in [-0.39, 0.29) is 17.8 Å². The second kappa shape index (κ2) is 6.80. The predicted octanol–water partition coefficient (Wildman–Crippen LogP) is 3.82. The van der Waals surface area contributed by atoms with Crippen LogP contribution in [0, 0.1) is 17.8 Å². The molecule has 0 radical (unpaired) electrons. The van der Waals surface area contributed by atoms with E-state index in [1.165, 1.54) is 5.57 Å². The van der Waals surface area contributed by atoms with Crippen LogP contribution in [0.5, 0.6) is 0 Å². The lowest BCUT2D eigenvalue weighted by Crippen LogP contribution is -2.52. The molecule has 0 aromatic rings. The Labute approximate surface area is 130 Å². The van der Waals surface area contributed by atoms with Gasteiger partial charge in [-0.1, -0.05) is 25.5 Å². The van der Waals surface area contributed by atoms with Crippen LogP contribution in [0.25, 0.3) is 0 Å². The quantitative estimate of drug-likeness (QED) is 0.551. The van der Waals surface area contributed by atoms with Gasteiger partial charge in [0.05, 0.1) is 24.4 Å². The lowest BCUT2D eigenvalue weighted by atomic mass is 9.66. The van der Waals surface area contributed by atoms with Gasteiger partial charge < -0.3 is 14.2 Å². The van der Waals surface area contributed by atoms with Crippen molar-refractivity contribution in [3.63, 3.8) is 0 Å². The highest BCUT2D eigenvalue weighted by molar-refractivity contribution is 5.09. The van der Waals surface area contributed by atoms with E-state index < -0.39 is 0 Å². The maximum atomic E-state index is 5.92. The summed E-state index contributed by atoms with van der Waals surface area (Å²) in [6.45, 7) is 9.95. The molecule has 1 saturated heterocycles. The maximum absolute atomic E-state index is 5.92. The first kappa shape index (κ1) is 17.0. The topological polar surface area (TPSA) is 31.0 Å². The van der Waals surface area contributed by atoms with Crippen LogP contribution in [0.2, 0.25) is 0 Å². The molecule has 1 spiro atoms. The Morgan fingerprint density at radius 1 is 1.29 bits per heavy atom. The minimum absolute atomic E-state index is 0.0638. The zero-order valence-corrected chi connectivity index (χ0v) is 14.5. The molecule has 2 fully saturated rings. The van der Waals surface area contributed by atoms with Gasteiger partial charge in [-0.05, 0) is 44.9 Å². The number of methoxy groups -OCH3 is 2.